The van der Waals surface area contributed by atoms with Gasteiger partial charge in [-0.2, -0.15) is 0 Å². The number of carbonyl (C=O) groups excluding carboxylic acids is 3. The van der Waals surface area contributed by atoms with Crippen LogP contribution in [0.5, 0.6) is 0 Å². The molecule has 1 heterocycles. The van der Waals surface area contributed by atoms with Gasteiger partial charge in [0.15, 0.2) is 0 Å². The van der Waals surface area contributed by atoms with Gasteiger partial charge in [-0.15, -0.1) is 0 Å². The van der Waals surface area contributed by atoms with E-state index in [4.69, 9.17) is 34.8 Å². The van der Waals surface area contributed by atoms with Gasteiger partial charge in [0.25, 0.3) is 17.7 Å². The first kappa shape index (κ1) is 23.8. The van der Waals surface area contributed by atoms with Crippen LogP contribution in [0.2, 0.25) is 10.0 Å². The Morgan fingerprint density at radius 3 is 2.35 bits per heavy atom. The van der Waals surface area contributed by atoms with E-state index < -0.39 is 17.7 Å². The third kappa shape index (κ3) is 4.40. The van der Waals surface area contributed by atoms with Crippen molar-refractivity contribution < 1.29 is 14.4 Å². The van der Waals surface area contributed by atoms with Crippen LogP contribution in [0.4, 0.5) is 17.1 Å². The second-order valence-electron chi connectivity index (χ2n) is 7.62. The van der Waals surface area contributed by atoms with Gasteiger partial charge in [0.1, 0.15) is 10.7 Å². The summed E-state index contributed by atoms with van der Waals surface area (Å²) in [6.45, 7) is 3.73. The van der Waals surface area contributed by atoms with E-state index in [1.165, 1.54) is 6.07 Å². The number of nitrogens with one attached hydrogen (secondary N) is 2. The van der Waals surface area contributed by atoms with E-state index in [0.717, 1.165) is 16.0 Å². The summed E-state index contributed by atoms with van der Waals surface area (Å²) in [6, 6.07) is 16.7. The molecule has 6 nitrogen and oxygen atoms in total. The molecule has 0 aromatic heterocycles. The molecule has 0 bridgehead atoms. The van der Waals surface area contributed by atoms with Gasteiger partial charge in [-0.1, -0.05) is 59.1 Å². The summed E-state index contributed by atoms with van der Waals surface area (Å²) < 4.78 is 0. The van der Waals surface area contributed by atoms with E-state index >= 15 is 0 Å². The molecule has 2 N–H and O–H groups in total. The van der Waals surface area contributed by atoms with Crippen molar-refractivity contribution in [1.29, 1.82) is 0 Å². The van der Waals surface area contributed by atoms with E-state index in [2.05, 4.69) is 10.6 Å². The second kappa shape index (κ2) is 9.50. The molecule has 172 valence electrons. The molecule has 0 saturated carbocycles. The molecule has 0 atom stereocenters. The minimum absolute atomic E-state index is 0.0667. The van der Waals surface area contributed by atoms with Gasteiger partial charge in [-0.3, -0.25) is 14.4 Å². The lowest BCUT2D eigenvalue weighted by Gasteiger charge is -2.18. The molecule has 1 aliphatic heterocycles. The number of benzene rings is 3. The lowest BCUT2D eigenvalue weighted by Crippen LogP contribution is -2.33. The first-order valence-corrected chi connectivity index (χ1v) is 11.3. The largest absolute Gasteiger partial charge is 0.350 e. The standard InChI is InChI=1S/C25H18Cl3N3O3/c1-13-6-3-11-19(14(13)2)31-24(33)21(28)22(25(31)34)29-16-8-4-7-15(12-16)23(32)30-18-10-5-9-17(26)20(18)27/h3-12,29H,1-2H3,(H,30,32). The minimum atomic E-state index is -0.618. The number of imide groups is 1. The summed E-state index contributed by atoms with van der Waals surface area (Å²) in [5.41, 5.74) is 3.20. The van der Waals surface area contributed by atoms with Crippen LogP contribution in [0, 0.1) is 13.8 Å². The van der Waals surface area contributed by atoms with Crippen molar-refractivity contribution in [3.05, 3.63) is 98.1 Å². The number of aryl methyl sites for hydroxylation is 1. The number of amides is 3. The Bertz CT molecular complexity index is 1380. The SMILES string of the molecule is Cc1cccc(N2C(=O)C(Cl)=C(Nc3cccc(C(=O)Nc4cccc(Cl)c4Cl)c3)C2=O)c1C. The normalized spacial score (nSPS) is 13.5. The number of carbonyl (C=O) groups is 3. The van der Waals surface area contributed by atoms with Gasteiger partial charge in [-0.25, -0.2) is 4.90 Å². The average Bonchev–Trinajstić information content (AvgIpc) is 3.02. The van der Waals surface area contributed by atoms with Gasteiger partial charge in [-0.05, 0) is 61.4 Å². The molecule has 0 saturated heterocycles. The van der Waals surface area contributed by atoms with Crippen LogP contribution >= 0.6 is 34.8 Å². The van der Waals surface area contributed by atoms with Crippen molar-refractivity contribution in [1.82, 2.24) is 0 Å². The van der Waals surface area contributed by atoms with E-state index in [9.17, 15) is 14.4 Å². The highest BCUT2D eigenvalue weighted by molar-refractivity contribution is 6.53. The highest BCUT2D eigenvalue weighted by Gasteiger charge is 2.39. The quantitative estimate of drug-likeness (QED) is 0.392. The predicted molar refractivity (Wildman–Crippen MR) is 136 cm³/mol. The molecule has 0 aliphatic carbocycles. The highest BCUT2D eigenvalue weighted by Crippen LogP contribution is 2.33. The topological polar surface area (TPSA) is 78.5 Å². The van der Waals surface area contributed by atoms with Crippen molar-refractivity contribution in [2.75, 3.05) is 15.5 Å². The van der Waals surface area contributed by atoms with Crippen molar-refractivity contribution in [3.8, 4) is 0 Å². The summed E-state index contributed by atoms with van der Waals surface area (Å²) >= 11 is 18.4. The summed E-state index contributed by atoms with van der Waals surface area (Å²) in [6.07, 6.45) is 0. The zero-order chi connectivity index (χ0) is 24.6. The Balaban J connectivity index is 1.57. The molecule has 0 fully saturated rings. The number of anilines is 3. The Kier molecular flexibility index (Phi) is 6.66. The van der Waals surface area contributed by atoms with Gasteiger partial charge in [0, 0.05) is 11.3 Å². The molecule has 0 unspecified atom stereocenters. The van der Waals surface area contributed by atoms with Crippen molar-refractivity contribution in [2.24, 2.45) is 0 Å². The molecule has 1 aliphatic rings. The van der Waals surface area contributed by atoms with Crippen LogP contribution < -0.4 is 15.5 Å². The molecule has 34 heavy (non-hydrogen) atoms. The Morgan fingerprint density at radius 1 is 0.882 bits per heavy atom. The predicted octanol–water partition coefficient (Wildman–Crippen LogP) is 6.30. The number of halogens is 3. The van der Waals surface area contributed by atoms with Crippen LogP contribution in [0.3, 0.4) is 0 Å². The first-order chi connectivity index (χ1) is 16.2. The molecule has 3 aromatic rings. The number of hydrogen-bond acceptors (Lipinski definition) is 4. The fourth-order valence-corrected chi connectivity index (χ4v) is 4.05. The number of nitrogens with zero attached hydrogens (tertiary/aromatic N) is 1. The molecule has 4 rings (SSSR count). The van der Waals surface area contributed by atoms with Crippen LogP contribution in [0.15, 0.2) is 71.4 Å². The van der Waals surface area contributed by atoms with Crippen molar-refractivity contribution in [3.63, 3.8) is 0 Å². The summed E-state index contributed by atoms with van der Waals surface area (Å²) in [5, 5.41) is 5.91. The van der Waals surface area contributed by atoms with Crippen LogP contribution in [-0.2, 0) is 9.59 Å². The Labute approximate surface area is 211 Å². The number of hydrogen-bond donors (Lipinski definition) is 2. The third-order valence-electron chi connectivity index (χ3n) is 5.44. The third-order valence-corrected chi connectivity index (χ3v) is 6.61. The Morgan fingerprint density at radius 2 is 1.59 bits per heavy atom. The molecular formula is C25H18Cl3N3O3. The maximum atomic E-state index is 13.1. The second-order valence-corrected chi connectivity index (χ2v) is 8.78. The molecule has 9 heteroatoms. The molecule has 0 spiro atoms. The highest BCUT2D eigenvalue weighted by atomic mass is 35.5. The molecule has 3 aromatic carbocycles. The van der Waals surface area contributed by atoms with Crippen LogP contribution in [0.25, 0.3) is 0 Å². The van der Waals surface area contributed by atoms with Crippen molar-refractivity contribution >= 4 is 69.6 Å². The Hall–Kier alpha value is -3.32. The van der Waals surface area contributed by atoms with Gasteiger partial charge in [0.2, 0.25) is 0 Å². The van der Waals surface area contributed by atoms with E-state index in [1.54, 1.807) is 48.5 Å². The fourth-order valence-electron chi connectivity index (χ4n) is 3.49. The van der Waals surface area contributed by atoms with Gasteiger partial charge >= 0.3 is 0 Å². The minimum Gasteiger partial charge on any atom is -0.350 e. The zero-order valence-corrected chi connectivity index (χ0v) is 20.3. The lowest BCUT2D eigenvalue weighted by molar-refractivity contribution is -0.120. The van der Waals surface area contributed by atoms with Gasteiger partial charge in [0.05, 0.1) is 21.4 Å². The smallest absolute Gasteiger partial charge is 0.283 e. The van der Waals surface area contributed by atoms with E-state index in [1.807, 2.05) is 19.9 Å². The summed E-state index contributed by atoms with van der Waals surface area (Å²) in [5.74, 6) is -1.63. The zero-order valence-electron chi connectivity index (χ0n) is 18.1. The summed E-state index contributed by atoms with van der Waals surface area (Å²) in [7, 11) is 0. The maximum absolute atomic E-state index is 13.1. The fraction of sp³-hybridized carbons (Fsp3) is 0.0800. The maximum Gasteiger partial charge on any atom is 0.283 e. The lowest BCUT2D eigenvalue weighted by atomic mass is 10.1. The van der Waals surface area contributed by atoms with Crippen LogP contribution in [0.1, 0.15) is 21.5 Å². The first-order valence-electron chi connectivity index (χ1n) is 10.2. The van der Waals surface area contributed by atoms with E-state index in [0.29, 0.717) is 27.6 Å². The van der Waals surface area contributed by atoms with Crippen LogP contribution in [-0.4, -0.2) is 17.7 Å². The molecule has 0 radical (unpaired) electrons. The molecule has 3 amide bonds. The molecular weight excluding hydrogens is 497 g/mol. The van der Waals surface area contributed by atoms with Gasteiger partial charge < -0.3 is 10.6 Å². The average molecular weight is 515 g/mol. The van der Waals surface area contributed by atoms with E-state index in [-0.39, 0.29) is 15.8 Å². The monoisotopic (exact) mass is 513 g/mol. The number of rotatable bonds is 5. The van der Waals surface area contributed by atoms with Crippen molar-refractivity contribution in [2.45, 2.75) is 13.8 Å². The summed E-state index contributed by atoms with van der Waals surface area (Å²) in [4.78, 5) is 39.7.